The van der Waals surface area contributed by atoms with Gasteiger partial charge in [-0.15, -0.1) is 6.58 Å². The molecule has 5 nitrogen and oxygen atoms in total. The van der Waals surface area contributed by atoms with Crippen molar-refractivity contribution in [3.63, 3.8) is 0 Å². The number of carbonyl (C=O) groups is 1. The van der Waals surface area contributed by atoms with Crippen LogP contribution in [0.15, 0.2) is 24.8 Å². The molecule has 0 saturated heterocycles. The van der Waals surface area contributed by atoms with E-state index in [0.29, 0.717) is 24.8 Å². The van der Waals surface area contributed by atoms with Crippen LogP contribution in [0.3, 0.4) is 0 Å². The van der Waals surface area contributed by atoms with Gasteiger partial charge in [0.1, 0.15) is 0 Å². The van der Waals surface area contributed by atoms with Gasteiger partial charge in [0, 0.05) is 32.4 Å². The first-order chi connectivity index (χ1) is 9.01. The molecule has 0 aromatic rings. The Kier molecular flexibility index (Phi) is 9.41. The van der Waals surface area contributed by atoms with Crippen LogP contribution < -0.4 is 0 Å². The molecule has 0 aromatic carbocycles. The van der Waals surface area contributed by atoms with Gasteiger partial charge in [0.25, 0.3) is 0 Å². The summed E-state index contributed by atoms with van der Waals surface area (Å²) in [6.45, 7) is 9.67. The zero-order valence-electron chi connectivity index (χ0n) is 12.1. The highest BCUT2D eigenvalue weighted by molar-refractivity contribution is 6.61. The van der Waals surface area contributed by atoms with Gasteiger partial charge in [0.15, 0.2) is 0 Å². The summed E-state index contributed by atoms with van der Waals surface area (Å²) in [7, 11) is 0.571. The Bertz CT molecular complexity index is 299. The molecule has 19 heavy (non-hydrogen) atoms. The molecule has 0 bridgehead atoms. The predicted molar refractivity (Wildman–Crippen MR) is 75.7 cm³/mol. The van der Waals surface area contributed by atoms with Crippen molar-refractivity contribution in [2.24, 2.45) is 0 Å². The number of allylic oxidation sites excluding steroid dienone is 1. The first-order valence-corrected chi connectivity index (χ1v) is 8.12. The van der Waals surface area contributed by atoms with E-state index in [9.17, 15) is 4.79 Å². The molecule has 0 unspecified atom stereocenters. The van der Waals surface area contributed by atoms with E-state index < -0.39 is 8.80 Å². The van der Waals surface area contributed by atoms with Crippen molar-refractivity contribution in [2.75, 3.05) is 27.4 Å². The van der Waals surface area contributed by atoms with Gasteiger partial charge in [-0.1, -0.05) is 12.7 Å². The first kappa shape index (κ1) is 18.0. The van der Waals surface area contributed by atoms with Gasteiger partial charge in [0.2, 0.25) is 0 Å². The predicted octanol–water partition coefficient (Wildman–Crippen LogP) is 2.32. The number of rotatable bonds is 11. The smallest absolute Gasteiger partial charge is 0.462 e. The fourth-order valence-corrected chi connectivity index (χ4v) is 2.99. The number of unbranched alkanes of at least 4 members (excludes halogenated alkanes) is 1. The topological polar surface area (TPSA) is 54.0 Å². The lowest BCUT2D eigenvalue weighted by molar-refractivity contribution is -0.139. The maximum Gasteiger partial charge on any atom is 0.504 e. The number of hydrogen-bond donors (Lipinski definition) is 0. The molecular weight excluding hydrogens is 264 g/mol. The standard InChI is InChI=1S/C13H24O5Si/c1-6-11-19(15-4,16-5)18-10-8-7-9-17-13(14)12(2)3/h6H,1-2,7-11H2,3-5H3. The van der Waals surface area contributed by atoms with Gasteiger partial charge < -0.3 is 18.0 Å². The fraction of sp³-hybridized carbons (Fsp3) is 0.615. The molecule has 0 aromatic heterocycles. The number of hydrogen-bond acceptors (Lipinski definition) is 5. The monoisotopic (exact) mass is 288 g/mol. The lowest BCUT2D eigenvalue weighted by atomic mass is 10.3. The van der Waals surface area contributed by atoms with Crippen LogP contribution in [0.4, 0.5) is 0 Å². The molecule has 0 radical (unpaired) electrons. The van der Waals surface area contributed by atoms with Crippen LogP contribution in [0.1, 0.15) is 19.8 Å². The van der Waals surface area contributed by atoms with Crippen LogP contribution in [0.5, 0.6) is 0 Å². The highest BCUT2D eigenvalue weighted by Gasteiger charge is 2.37. The van der Waals surface area contributed by atoms with Gasteiger partial charge in [-0.05, 0) is 19.8 Å². The van der Waals surface area contributed by atoms with E-state index in [2.05, 4.69) is 13.2 Å². The fourth-order valence-electron chi connectivity index (χ4n) is 1.32. The zero-order chi connectivity index (χ0) is 14.7. The van der Waals surface area contributed by atoms with Crippen LogP contribution in [0.25, 0.3) is 0 Å². The Morgan fingerprint density at radius 2 is 1.79 bits per heavy atom. The largest absolute Gasteiger partial charge is 0.504 e. The van der Waals surface area contributed by atoms with Crippen LogP contribution in [-0.2, 0) is 22.8 Å². The summed E-state index contributed by atoms with van der Waals surface area (Å²) < 4.78 is 21.3. The Morgan fingerprint density at radius 1 is 1.21 bits per heavy atom. The molecule has 0 N–H and O–H groups in total. The van der Waals surface area contributed by atoms with Crippen LogP contribution in [-0.4, -0.2) is 42.2 Å². The Morgan fingerprint density at radius 3 is 2.26 bits per heavy atom. The summed E-state index contributed by atoms with van der Waals surface area (Å²) in [5, 5.41) is 0. The van der Waals surface area contributed by atoms with Gasteiger partial charge in [-0.3, -0.25) is 0 Å². The number of ether oxygens (including phenoxy) is 1. The minimum Gasteiger partial charge on any atom is -0.462 e. The first-order valence-electron chi connectivity index (χ1n) is 6.19. The van der Waals surface area contributed by atoms with E-state index in [1.54, 1.807) is 27.2 Å². The molecule has 0 amide bonds. The van der Waals surface area contributed by atoms with E-state index in [0.717, 1.165) is 12.8 Å². The summed E-state index contributed by atoms with van der Waals surface area (Å²) in [5.74, 6) is -0.356. The van der Waals surface area contributed by atoms with Gasteiger partial charge in [-0.2, -0.15) is 0 Å². The molecule has 110 valence electrons. The van der Waals surface area contributed by atoms with Crippen molar-refractivity contribution in [1.29, 1.82) is 0 Å². The normalized spacial score (nSPS) is 11.1. The second-order valence-electron chi connectivity index (χ2n) is 4.06. The van der Waals surface area contributed by atoms with Crippen molar-refractivity contribution in [2.45, 2.75) is 25.8 Å². The third kappa shape index (κ3) is 7.27. The third-order valence-corrected chi connectivity index (χ3v) is 5.14. The minimum absolute atomic E-state index is 0.356. The summed E-state index contributed by atoms with van der Waals surface area (Å²) >= 11 is 0. The van der Waals surface area contributed by atoms with Crippen LogP contribution >= 0.6 is 0 Å². The molecule has 0 rings (SSSR count). The molecule has 6 heteroatoms. The van der Waals surface area contributed by atoms with Gasteiger partial charge >= 0.3 is 14.8 Å². The Balaban J connectivity index is 3.80. The van der Waals surface area contributed by atoms with Gasteiger partial charge in [-0.25, -0.2) is 4.79 Å². The summed E-state index contributed by atoms with van der Waals surface area (Å²) in [6.07, 6.45) is 3.22. The average molecular weight is 288 g/mol. The second kappa shape index (κ2) is 9.91. The van der Waals surface area contributed by atoms with E-state index in [1.807, 2.05) is 0 Å². The lowest BCUT2D eigenvalue weighted by Gasteiger charge is -2.25. The molecule has 0 aliphatic rings. The number of esters is 1. The molecule has 0 aliphatic carbocycles. The summed E-state index contributed by atoms with van der Waals surface area (Å²) in [6, 6.07) is 0.574. The second-order valence-corrected chi connectivity index (χ2v) is 6.94. The maximum absolute atomic E-state index is 11.1. The zero-order valence-corrected chi connectivity index (χ0v) is 13.1. The molecule has 0 spiro atoms. The van der Waals surface area contributed by atoms with E-state index in [1.165, 1.54) is 0 Å². The highest BCUT2D eigenvalue weighted by Crippen LogP contribution is 2.14. The highest BCUT2D eigenvalue weighted by atomic mass is 28.4. The molecule has 0 atom stereocenters. The molecule has 0 heterocycles. The van der Waals surface area contributed by atoms with Crippen molar-refractivity contribution in [1.82, 2.24) is 0 Å². The SMILES string of the molecule is C=CC[Si](OC)(OC)OCCCCOC(=O)C(=C)C. The maximum atomic E-state index is 11.1. The molecule has 0 saturated carbocycles. The van der Waals surface area contributed by atoms with E-state index >= 15 is 0 Å². The van der Waals surface area contributed by atoms with Crippen LogP contribution in [0, 0.1) is 0 Å². The lowest BCUT2D eigenvalue weighted by Crippen LogP contribution is -2.43. The van der Waals surface area contributed by atoms with Crippen molar-refractivity contribution in [3.8, 4) is 0 Å². The Labute approximate surface area is 116 Å². The van der Waals surface area contributed by atoms with Crippen molar-refractivity contribution in [3.05, 3.63) is 24.8 Å². The Hall–Kier alpha value is -0.953. The molecule has 0 aliphatic heterocycles. The summed E-state index contributed by atoms with van der Waals surface area (Å²) in [4.78, 5) is 11.1. The molecular formula is C13H24O5Si. The summed E-state index contributed by atoms with van der Waals surface area (Å²) in [5.41, 5.74) is 0.410. The average Bonchev–Trinajstić information content (AvgIpc) is 2.41. The third-order valence-electron chi connectivity index (χ3n) is 2.46. The molecule has 0 fully saturated rings. The van der Waals surface area contributed by atoms with Crippen LogP contribution in [0.2, 0.25) is 6.04 Å². The van der Waals surface area contributed by atoms with E-state index in [-0.39, 0.29) is 5.97 Å². The quantitative estimate of drug-likeness (QED) is 0.192. The van der Waals surface area contributed by atoms with Gasteiger partial charge in [0.05, 0.1) is 6.61 Å². The van der Waals surface area contributed by atoms with Crippen molar-refractivity contribution < 1.29 is 22.8 Å². The minimum atomic E-state index is -2.58. The van der Waals surface area contributed by atoms with E-state index in [4.69, 9.17) is 18.0 Å². The van der Waals surface area contributed by atoms with Crippen molar-refractivity contribution >= 4 is 14.8 Å². The number of carbonyl (C=O) groups excluding carboxylic acids is 1.